The van der Waals surface area contributed by atoms with E-state index in [4.69, 9.17) is 16.6 Å². The van der Waals surface area contributed by atoms with Crippen LogP contribution in [0.1, 0.15) is 44.0 Å². The number of rotatable bonds is 2. The molecule has 2 nitrogen and oxygen atoms in total. The average Bonchev–Trinajstić information content (AvgIpc) is 2.94. The summed E-state index contributed by atoms with van der Waals surface area (Å²) in [4.78, 5) is 4.71. The summed E-state index contributed by atoms with van der Waals surface area (Å²) < 4.78 is 2.41. The van der Waals surface area contributed by atoms with Gasteiger partial charge in [0.2, 0.25) is 0 Å². The number of hydrogen-bond donors (Lipinski definition) is 0. The lowest BCUT2D eigenvalue weighted by Gasteiger charge is -2.29. The van der Waals surface area contributed by atoms with Crippen molar-refractivity contribution in [3.05, 3.63) is 29.6 Å². The summed E-state index contributed by atoms with van der Waals surface area (Å²) >= 11 is 6.11. The van der Waals surface area contributed by atoms with Crippen molar-refractivity contribution >= 4 is 22.6 Å². The van der Waals surface area contributed by atoms with Gasteiger partial charge in [0.1, 0.15) is 5.82 Å². The van der Waals surface area contributed by atoms with Crippen LogP contribution in [0.25, 0.3) is 11.0 Å². The molecule has 1 aromatic heterocycles. The van der Waals surface area contributed by atoms with Crippen LogP contribution in [0, 0.1) is 6.92 Å². The summed E-state index contributed by atoms with van der Waals surface area (Å²) in [5, 5.41) is 0. The van der Waals surface area contributed by atoms with Crippen molar-refractivity contribution in [3.8, 4) is 0 Å². The maximum atomic E-state index is 6.11. The summed E-state index contributed by atoms with van der Waals surface area (Å²) in [7, 11) is 0. The first-order chi connectivity index (χ1) is 8.65. The molecule has 0 spiro atoms. The highest BCUT2D eigenvalue weighted by Crippen LogP contribution is 2.40. The SMILES string of the molecule is Cc1cccc2nc(CCl)n(C3(C)CCCC3)c12. The van der Waals surface area contributed by atoms with Crippen molar-refractivity contribution in [3.63, 3.8) is 0 Å². The summed E-state index contributed by atoms with van der Waals surface area (Å²) in [5.74, 6) is 1.51. The Balaban J connectivity index is 2.31. The first-order valence-electron chi connectivity index (χ1n) is 6.69. The summed E-state index contributed by atoms with van der Waals surface area (Å²) in [6, 6.07) is 6.33. The lowest BCUT2D eigenvalue weighted by atomic mass is 9.99. The van der Waals surface area contributed by atoms with Crippen LogP contribution >= 0.6 is 11.6 Å². The molecule has 1 aromatic carbocycles. The highest BCUT2D eigenvalue weighted by molar-refractivity contribution is 6.16. The summed E-state index contributed by atoms with van der Waals surface area (Å²) in [6.45, 7) is 4.51. The van der Waals surface area contributed by atoms with Gasteiger partial charge in [-0.15, -0.1) is 11.6 Å². The largest absolute Gasteiger partial charge is 0.321 e. The molecule has 0 radical (unpaired) electrons. The van der Waals surface area contributed by atoms with Crippen LogP contribution < -0.4 is 0 Å². The third-order valence-electron chi connectivity index (χ3n) is 4.29. The van der Waals surface area contributed by atoms with Gasteiger partial charge < -0.3 is 4.57 Å². The van der Waals surface area contributed by atoms with Gasteiger partial charge >= 0.3 is 0 Å². The number of para-hydroxylation sites is 1. The van der Waals surface area contributed by atoms with Gasteiger partial charge in [0.25, 0.3) is 0 Å². The Morgan fingerprint density at radius 2 is 2.06 bits per heavy atom. The van der Waals surface area contributed by atoms with E-state index in [1.54, 1.807) is 0 Å². The van der Waals surface area contributed by atoms with E-state index in [1.807, 2.05) is 0 Å². The normalized spacial score (nSPS) is 18.6. The third kappa shape index (κ3) is 1.66. The minimum atomic E-state index is 0.199. The van der Waals surface area contributed by atoms with Gasteiger partial charge in [-0.2, -0.15) is 0 Å². The molecular formula is C15H19ClN2. The zero-order chi connectivity index (χ0) is 12.8. The third-order valence-corrected chi connectivity index (χ3v) is 4.53. The smallest absolute Gasteiger partial charge is 0.125 e. The van der Waals surface area contributed by atoms with E-state index in [0.29, 0.717) is 5.88 Å². The molecule has 1 saturated carbocycles. The molecule has 1 fully saturated rings. The van der Waals surface area contributed by atoms with Crippen molar-refractivity contribution < 1.29 is 0 Å². The van der Waals surface area contributed by atoms with Crippen molar-refractivity contribution in [1.29, 1.82) is 0 Å². The summed E-state index contributed by atoms with van der Waals surface area (Å²) in [6.07, 6.45) is 5.08. The minimum absolute atomic E-state index is 0.199. The van der Waals surface area contributed by atoms with Crippen LogP contribution in [0.2, 0.25) is 0 Å². The van der Waals surface area contributed by atoms with Gasteiger partial charge in [-0.1, -0.05) is 25.0 Å². The number of aryl methyl sites for hydroxylation is 1. The Morgan fingerprint density at radius 3 is 2.72 bits per heavy atom. The standard InChI is InChI=1S/C15H19ClN2/c1-11-6-5-7-12-14(11)18(13(10-16)17-12)15(2)8-3-4-9-15/h5-7H,3-4,8-10H2,1-2H3. The van der Waals surface area contributed by atoms with E-state index in [1.165, 1.54) is 36.8 Å². The average molecular weight is 263 g/mol. The van der Waals surface area contributed by atoms with Crippen LogP contribution in [0.15, 0.2) is 18.2 Å². The Labute approximate surface area is 113 Å². The first kappa shape index (κ1) is 12.0. The highest BCUT2D eigenvalue weighted by atomic mass is 35.5. The lowest BCUT2D eigenvalue weighted by molar-refractivity contribution is 0.331. The number of nitrogens with zero attached hydrogens (tertiary/aromatic N) is 2. The molecule has 3 heteroatoms. The number of hydrogen-bond acceptors (Lipinski definition) is 1. The molecule has 18 heavy (non-hydrogen) atoms. The van der Waals surface area contributed by atoms with Crippen molar-refractivity contribution in [1.82, 2.24) is 9.55 Å². The number of halogens is 1. The molecule has 0 unspecified atom stereocenters. The molecule has 0 saturated heterocycles. The van der Waals surface area contributed by atoms with Crippen LogP contribution in [-0.2, 0) is 11.4 Å². The van der Waals surface area contributed by atoms with Gasteiger partial charge in [0.05, 0.1) is 16.9 Å². The number of fused-ring (bicyclic) bond motifs is 1. The van der Waals surface area contributed by atoms with Crippen LogP contribution in [0.3, 0.4) is 0 Å². The monoisotopic (exact) mass is 262 g/mol. The number of aromatic nitrogens is 2. The molecular weight excluding hydrogens is 244 g/mol. The lowest BCUT2D eigenvalue weighted by Crippen LogP contribution is -2.28. The second kappa shape index (κ2) is 4.27. The van der Waals surface area contributed by atoms with Crippen LogP contribution in [-0.4, -0.2) is 9.55 Å². The van der Waals surface area contributed by atoms with E-state index >= 15 is 0 Å². The quantitative estimate of drug-likeness (QED) is 0.735. The maximum Gasteiger partial charge on any atom is 0.125 e. The van der Waals surface area contributed by atoms with E-state index < -0.39 is 0 Å². The molecule has 1 aliphatic rings. The molecule has 0 N–H and O–H groups in total. The van der Waals surface area contributed by atoms with Crippen molar-refractivity contribution in [2.45, 2.75) is 50.9 Å². The van der Waals surface area contributed by atoms with Gasteiger partial charge in [0.15, 0.2) is 0 Å². The number of imidazole rings is 1. The van der Waals surface area contributed by atoms with Crippen molar-refractivity contribution in [2.24, 2.45) is 0 Å². The minimum Gasteiger partial charge on any atom is -0.321 e. The van der Waals surface area contributed by atoms with Gasteiger partial charge in [0, 0.05) is 5.54 Å². The zero-order valence-corrected chi connectivity index (χ0v) is 11.8. The van der Waals surface area contributed by atoms with Crippen LogP contribution in [0.5, 0.6) is 0 Å². The molecule has 0 amide bonds. The number of benzene rings is 1. The molecule has 96 valence electrons. The molecule has 0 atom stereocenters. The van der Waals surface area contributed by atoms with Crippen LogP contribution in [0.4, 0.5) is 0 Å². The second-order valence-corrected chi connectivity index (χ2v) is 5.91. The molecule has 0 aliphatic heterocycles. The molecule has 1 aliphatic carbocycles. The highest BCUT2D eigenvalue weighted by Gasteiger charge is 2.33. The fraction of sp³-hybridized carbons (Fsp3) is 0.533. The van der Waals surface area contributed by atoms with Gasteiger partial charge in [-0.05, 0) is 38.3 Å². The Bertz CT molecular complexity index is 579. The zero-order valence-electron chi connectivity index (χ0n) is 11.0. The Morgan fingerprint density at radius 1 is 1.33 bits per heavy atom. The first-order valence-corrected chi connectivity index (χ1v) is 7.22. The fourth-order valence-electron chi connectivity index (χ4n) is 3.37. The molecule has 1 heterocycles. The molecule has 3 rings (SSSR count). The van der Waals surface area contributed by atoms with Gasteiger partial charge in [-0.25, -0.2) is 4.98 Å². The van der Waals surface area contributed by atoms with Crippen molar-refractivity contribution in [2.75, 3.05) is 0 Å². The predicted molar refractivity (Wildman–Crippen MR) is 76.1 cm³/mol. The summed E-state index contributed by atoms with van der Waals surface area (Å²) in [5.41, 5.74) is 3.85. The Kier molecular flexibility index (Phi) is 2.86. The fourth-order valence-corrected chi connectivity index (χ4v) is 3.55. The topological polar surface area (TPSA) is 17.8 Å². The molecule has 0 bridgehead atoms. The predicted octanol–water partition coefficient (Wildman–Crippen LogP) is 4.37. The van der Waals surface area contributed by atoms with E-state index in [9.17, 15) is 0 Å². The second-order valence-electron chi connectivity index (χ2n) is 5.64. The number of alkyl halides is 1. The molecule has 2 aromatic rings. The van der Waals surface area contributed by atoms with Gasteiger partial charge in [-0.3, -0.25) is 0 Å². The van der Waals surface area contributed by atoms with E-state index in [-0.39, 0.29) is 5.54 Å². The van der Waals surface area contributed by atoms with E-state index in [0.717, 1.165) is 11.3 Å². The maximum absolute atomic E-state index is 6.11. The Hall–Kier alpha value is -1.02. The van der Waals surface area contributed by atoms with E-state index in [2.05, 4.69) is 36.6 Å².